The number of hydrogen-bond donors (Lipinski definition) is 1. The maximum absolute atomic E-state index is 14.2. The monoisotopic (exact) mass is 373 g/mol. The summed E-state index contributed by atoms with van der Waals surface area (Å²) < 4.78 is 44.9. The molecule has 0 aliphatic carbocycles. The molecule has 27 heavy (non-hydrogen) atoms. The number of carbonyl (C=O) groups excluding carboxylic acids is 1. The van der Waals surface area contributed by atoms with Crippen molar-refractivity contribution in [3.8, 4) is 11.4 Å². The molecule has 0 saturated heterocycles. The maximum atomic E-state index is 14.2. The summed E-state index contributed by atoms with van der Waals surface area (Å²) in [7, 11) is 0. The van der Waals surface area contributed by atoms with Crippen molar-refractivity contribution >= 4 is 17.7 Å². The molecule has 138 valence electrons. The van der Waals surface area contributed by atoms with Gasteiger partial charge in [-0.15, -0.1) is 0 Å². The Labute approximate surface area is 152 Å². The number of nitrogens with one attached hydrogen (secondary N) is 1. The largest absolute Gasteiger partial charge is 0.434 e. The smallest absolute Gasteiger partial charge is 0.387 e. The van der Waals surface area contributed by atoms with Crippen LogP contribution in [-0.4, -0.2) is 22.1 Å². The lowest BCUT2D eigenvalue weighted by atomic mass is 10.2. The normalized spacial score (nSPS) is 11.1. The molecule has 8 heteroatoms. The van der Waals surface area contributed by atoms with Crippen LogP contribution in [0, 0.1) is 5.82 Å². The molecule has 1 aromatic heterocycles. The summed E-state index contributed by atoms with van der Waals surface area (Å²) in [6, 6.07) is 10.3. The first kappa shape index (κ1) is 18.2. The van der Waals surface area contributed by atoms with Crippen molar-refractivity contribution in [2.24, 2.45) is 0 Å². The predicted octanol–water partition coefficient (Wildman–Crippen LogP) is 4.26. The number of anilines is 1. The van der Waals surface area contributed by atoms with Crippen LogP contribution in [0.5, 0.6) is 5.75 Å². The molecule has 0 atom stereocenters. The van der Waals surface area contributed by atoms with Gasteiger partial charge in [-0.3, -0.25) is 4.79 Å². The molecule has 1 N–H and O–H groups in total. The number of aromatic nitrogens is 2. The molecule has 5 nitrogen and oxygen atoms in total. The third kappa shape index (κ3) is 4.75. The maximum Gasteiger partial charge on any atom is 0.387 e. The zero-order chi connectivity index (χ0) is 19.2. The molecular weight excluding hydrogens is 359 g/mol. The van der Waals surface area contributed by atoms with E-state index in [1.165, 1.54) is 53.5 Å². The number of rotatable bonds is 6. The lowest BCUT2D eigenvalue weighted by molar-refractivity contribution is -0.111. The molecule has 0 spiro atoms. The molecule has 0 aliphatic heterocycles. The summed E-state index contributed by atoms with van der Waals surface area (Å²) in [6.07, 6.45) is 7.06. The molecular formula is C19H14F3N3O2. The second-order valence-corrected chi connectivity index (χ2v) is 5.38. The summed E-state index contributed by atoms with van der Waals surface area (Å²) in [5.74, 6) is -1.13. The van der Waals surface area contributed by atoms with Crippen molar-refractivity contribution in [3.63, 3.8) is 0 Å². The first-order valence-electron chi connectivity index (χ1n) is 7.84. The number of ether oxygens (including phenoxy) is 1. The number of halogens is 3. The second kappa shape index (κ2) is 8.22. The van der Waals surface area contributed by atoms with Crippen LogP contribution in [0.1, 0.15) is 5.56 Å². The number of hydrogen-bond acceptors (Lipinski definition) is 3. The lowest BCUT2D eigenvalue weighted by Gasteiger charge is -2.08. The molecule has 0 radical (unpaired) electrons. The quantitative estimate of drug-likeness (QED) is 0.657. The number of amides is 1. The third-order valence-corrected chi connectivity index (χ3v) is 3.55. The molecule has 3 rings (SSSR count). The molecule has 0 unspecified atom stereocenters. The summed E-state index contributed by atoms with van der Waals surface area (Å²) in [4.78, 5) is 15.9. The van der Waals surface area contributed by atoms with Crippen molar-refractivity contribution in [2.45, 2.75) is 6.61 Å². The van der Waals surface area contributed by atoms with E-state index in [-0.39, 0.29) is 11.4 Å². The summed E-state index contributed by atoms with van der Waals surface area (Å²) >= 11 is 0. The lowest BCUT2D eigenvalue weighted by Crippen LogP contribution is -2.08. The molecule has 3 aromatic rings. The van der Waals surface area contributed by atoms with Gasteiger partial charge in [0.25, 0.3) is 0 Å². The van der Waals surface area contributed by atoms with Crippen LogP contribution < -0.4 is 10.1 Å². The Kier molecular flexibility index (Phi) is 5.55. The van der Waals surface area contributed by atoms with Gasteiger partial charge >= 0.3 is 6.61 Å². The number of para-hydroxylation sites is 1. The van der Waals surface area contributed by atoms with E-state index in [1.807, 2.05) is 0 Å². The Morgan fingerprint density at radius 2 is 2.04 bits per heavy atom. The van der Waals surface area contributed by atoms with E-state index in [0.29, 0.717) is 11.3 Å². The van der Waals surface area contributed by atoms with Gasteiger partial charge in [-0.05, 0) is 30.3 Å². The Hall–Kier alpha value is -3.55. The minimum absolute atomic E-state index is 0.0488. The van der Waals surface area contributed by atoms with Crippen molar-refractivity contribution < 1.29 is 22.7 Å². The molecule has 0 fully saturated rings. The van der Waals surface area contributed by atoms with Crippen LogP contribution in [-0.2, 0) is 4.79 Å². The average molecular weight is 373 g/mol. The highest BCUT2D eigenvalue weighted by atomic mass is 19.3. The van der Waals surface area contributed by atoms with Gasteiger partial charge < -0.3 is 14.6 Å². The Morgan fingerprint density at radius 3 is 2.74 bits per heavy atom. The van der Waals surface area contributed by atoms with Crippen LogP contribution >= 0.6 is 0 Å². The number of benzene rings is 2. The third-order valence-electron chi connectivity index (χ3n) is 3.55. The molecule has 0 aliphatic rings. The highest BCUT2D eigenvalue weighted by Crippen LogP contribution is 2.22. The van der Waals surface area contributed by atoms with Crippen LogP contribution in [0.25, 0.3) is 11.8 Å². The summed E-state index contributed by atoms with van der Waals surface area (Å²) in [5.41, 5.74) is 0.858. The first-order chi connectivity index (χ1) is 13.0. The van der Waals surface area contributed by atoms with E-state index < -0.39 is 18.3 Å². The van der Waals surface area contributed by atoms with Gasteiger partial charge in [0.05, 0.1) is 12.0 Å². The highest BCUT2D eigenvalue weighted by Gasteiger charge is 2.09. The summed E-state index contributed by atoms with van der Waals surface area (Å²) in [5, 5.41) is 2.51. The van der Waals surface area contributed by atoms with Crippen molar-refractivity contribution in [1.82, 2.24) is 9.55 Å². The van der Waals surface area contributed by atoms with Crippen LogP contribution in [0.4, 0.5) is 18.9 Å². The van der Waals surface area contributed by atoms with Gasteiger partial charge in [-0.1, -0.05) is 18.2 Å². The fourth-order valence-corrected chi connectivity index (χ4v) is 2.37. The Bertz CT molecular complexity index is 957. The van der Waals surface area contributed by atoms with Crippen LogP contribution in [0.3, 0.4) is 0 Å². The Morgan fingerprint density at radius 1 is 1.22 bits per heavy atom. The van der Waals surface area contributed by atoms with Gasteiger partial charge in [0.15, 0.2) is 0 Å². The van der Waals surface area contributed by atoms with E-state index in [9.17, 15) is 18.0 Å². The van der Waals surface area contributed by atoms with Crippen LogP contribution in [0.2, 0.25) is 0 Å². The zero-order valence-electron chi connectivity index (χ0n) is 13.9. The fourth-order valence-electron chi connectivity index (χ4n) is 2.37. The number of alkyl halides is 2. The minimum atomic E-state index is -2.97. The standard InChI is InChI=1S/C19H14F3N3O2/c20-15-11-14(6-7-16(15)25-10-9-23-12-25)24-18(26)8-5-13-3-1-2-4-17(13)27-19(21)22/h1-12,19H,(H,24,26). The van der Waals surface area contributed by atoms with Gasteiger partial charge in [0, 0.05) is 29.7 Å². The van der Waals surface area contributed by atoms with Crippen molar-refractivity contribution in [2.75, 3.05) is 5.32 Å². The van der Waals surface area contributed by atoms with Crippen LogP contribution in [0.15, 0.2) is 67.3 Å². The molecule has 1 amide bonds. The predicted molar refractivity (Wildman–Crippen MR) is 94.3 cm³/mol. The van der Waals surface area contributed by atoms with Gasteiger partial charge in [-0.2, -0.15) is 8.78 Å². The second-order valence-electron chi connectivity index (χ2n) is 5.38. The number of nitrogens with zero attached hydrogens (tertiary/aromatic N) is 2. The number of carbonyl (C=O) groups is 1. The van der Waals surface area contributed by atoms with Gasteiger partial charge in [0.2, 0.25) is 5.91 Å². The van der Waals surface area contributed by atoms with E-state index in [4.69, 9.17) is 0 Å². The number of imidazole rings is 1. The first-order valence-corrected chi connectivity index (χ1v) is 7.84. The minimum Gasteiger partial charge on any atom is -0.434 e. The average Bonchev–Trinajstić information content (AvgIpc) is 3.15. The topological polar surface area (TPSA) is 56.1 Å². The fraction of sp³-hybridized carbons (Fsp3) is 0.0526. The SMILES string of the molecule is O=C(C=Cc1ccccc1OC(F)F)Nc1ccc(-n2ccnc2)c(F)c1. The van der Waals surface area contributed by atoms with E-state index in [2.05, 4.69) is 15.0 Å². The Balaban J connectivity index is 1.69. The zero-order valence-corrected chi connectivity index (χ0v) is 13.9. The highest BCUT2D eigenvalue weighted by molar-refractivity contribution is 6.02. The van der Waals surface area contributed by atoms with E-state index in [0.717, 1.165) is 6.08 Å². The van der Waals surface area contributed by atoms with Gasteiger partial charge in [0.1, 0.15) is 11.6 Å². The van der Waals surface area contributed by atoms with E-state index >= 15 is 0 Å². The molecule has 1 heterocycles. The van der Waals surface area contributed by atoms with Gasteiger partial charge in [-0.25, -0.2) is 9.37 Å². The van der Waals surface area contributed by atoms with Crippen molar-refractivity contribution in [1.29, 1.82) is 0 Å². The van der Waals surface area contributed by atoms with Crippen molar-refractivity contribution in [3.05, 3.63) is 78.6 Å². The van der Waals surface area contributed by atoms with E-state index in [1.54, 1.807) is 18.3 Å². The summed E-state index contributed by atoms with van der Waals surface area (Å²) in [6.45, 7) is -2.97. The molecule has 0 bridgehead atoms. The molecule has 0 saturated carbocycles. The molecule has 2 aromatic carbocycles.